The van der Waals surface area contributed by atoms with E-state index in [0.717, 1.165) is 51.2 Å². The lowest BCUT2D eigenvalue weighted by atomic mass is 10.2. The molecule has 2 aromatic heterocycles. The molecule has 0 radical (unpaired) electrons. The first-order valence-electron chi connectivity index (χ1n) is 9.28. The van der Waals surface area contributed by atoms with E-state index in [1.54, 1.807) is 0 Å². The van der Waals surface area contributed by atoms with E-state index < -0.39 is 0 Å². The summed E-state index contributed by atoms with van der Waals surface area (Å²) in [5, 5.41) is 5.17. The highest BCUT2D eigenvalue weighted by molar-refractivity contribution is 6.32. The number of hydrogen-bond acceptors (Lipinski definition) is 3. The van der Waals surface area contributed by atoms with Crippen molar-refractivity contribution < 1.29 is 0 Å². The van der Waals surface area contributed by atoms with Crippen LogP contribution >= 0.6 is 11.6 Å². The number of aromatic nitrogens is 3. The molecule has 4 aromatic rings. The van der Waals surface area contributed by atoms with Gasteiger partial charge in [0, 0.05) is 23.5 Å². The van der Waals surface area contributed by atoms with Gasteiger partial charge in [0.05, 0.1) is 28.0 Å². The first kappa shape index (κ1) is 18.3. The Morgan fingerprint density at radius 1 is 1.11 bits per heavy atom. The monoisotopic (exact) mass is 391 g/mol. The van der Waals surface area contributed by atoms with Crippen molar-refractivity contribution in [2.24, 2.45) is 5.10 Å². The second-order valence-electron chi connectivity index (χ2n) is 6.65. The van der Waals surface area contributed by atoms with E-state index in [4.69, 9.17) is 11.6 Å². The van der Waals surface area contributed by atoms with Gasteiger partial charge < -0.3 is 9.13 Å². The molecule has 0 atom stereocenters. The van der Waals surface area contributed by atoms with Crippen LogP contribution in [-0.2, 0) is 6.54 Å². The van der Waals surface area contributed by atoms with Gasteiger partial charge in [-0.25, -0.2) is 10.4 Å². The Hall–Kier alpha value is -3.05. The highest BCUT2D eigenvalue weighted by atomic mass is 35.5. The van der Waals surface area contributed by atoms with E-state index in [1.165, 1.54) is 0 Å². The molecule has 142 valence electrons. The van der Waals surface area contributed by atoms with Gasteiger partial charge >= 0.3 is 0 Å². The van der Waals surface area contributed by atoms with Crippen molar-refractivity contribution in [3.8, 4) is 5.69 Å². The standard InChI is InChI=1S/C22H22ClN5/c1-4-27-21-12-8-6-10-19(21)25-22(27)26-24-14-17-13-15(2)28(16(17)3)20-11-7-5-9-18(20)23/h5-14H,4H2,1-3H3,(H,25,26)/b24-14-. The number of nitrogens with zero attached hydrogens (tertiary/aromatic N) is 4. The van der Waals surface area contributed by atoms with Crippen molar-refractivity contribution in [2.45, 2.75) is 27.3 Å². The SMILES string of the molecule is CCn1c(N/N=C\c2cc(C)n(-c3ccccc3Cl)c2C)nc2ccccc21. The van der Waals surface area contributed by atoms with E-state index in [0.29, 0.717) is 0 Å². The number of anilines is 1. The summed E-state index contributed by atoms with van der Waals surface area (Å²) in [6.07, 6.45) is 1.83. The Balaban J connectivity index is 1.63. The number of halogens is 1. The van der Waals surface area contributed by atoms with Gasteiger partial charge in [-0.15, -0.1) is 0 Å². The van der Waals surface area contributed by atoms with Crippen LogP contribution in [0.15, 0.2) is 59.7 Å². The summed E-state index contributed by atoms with van der Waals surface area (Å²) in [4.78, 5) is 4.63. The van der Waals surface area contributed by atoms with Crippen LogP contribution in [0.25, 0.3) is 16.7 Å². The molecule has 2 heterocycles. The minimum absolute atomic E-state index is 0.725. The summed E-state index contributed by atoms with van der Waals surface area (Å²) in [5.74, 6) is 0.736. The summed E-state index contributed by atoms with van der Waals surface area (Å²) in [7, 11) is 0. The molecule has 0 saturated heterocycles. The fourth-order valence-electron chi connectivity index (χ4n) is 3.56. The van der Waals surface area contributed by atoms with Crippen LogP contribution in [0.5, 0.6) is 0 Å². The average Bonchev–Trinajstić information content (AvgIpc) is 3.19. The van der Waals surface area contributed by atoms with Gasteiger partial charge in [-0.05, 0) is 51.1 Å². The number of hydrazone groups is 1. The molecular formula is C22H22ClN5. The van der Waals surface area contributed by atoms with E-state index >= 15 is 0 Å². The molecule has 6 heteroatoms. The van der Waals surface area contributed by atoms with E-state index in [2.05, 4.69) is 57.5 Å². The Labute approximate surface area is 169 Å². The zero-order valence-corrected chi connectivity index (χ0v) is 16.9. The predicted molar refractivity (Wildman–Crippen MR) is 117 cm³/mol. The molecule has 0 spiro atoms. The van der Waals surface area contributed by atoms with E-state index in [-0.39, 0.29) is 0 Å². The normalized spacial score (nSPS) is 11.6. The molecule has 0 amide bonds. The number of fused-ring (bicyclic) bond motifs is 1. The molecule has 0 saturated carbocycles. The van der Waals surface area contributed by atoms with Gasteiger partial charge in [0.25, 0.3) is 0 Å². The summed E-state index contributed by atoms with van der Waals surface area (Å²) in [6, 6.07) is 18.0. The number of rotatable bonds is 5. The van der Waals surface area contributed by atoms with Crippen LogP contribution in [0.2, 0.25) is 5.02 Å². The van der Waals surface area contributed by atoms with Gasteiger partial charge in [0.1, 0.15) is 0 Å². The zero-order valence-electron chi connectivity index (χ0n) is 16.1. The van der Waals surface area contributed by atoms with Gasteiger partial charge in [0.2, 0.25) is 5.95 Å². The third kappa shape index (κ3) is 3.18. The van der Waals surface area contributed by atoms with Crippen molar-refractivity contribution >= 4 is 34.8 Å². The van der Waals surface area contributed by atoms with Crippen molar-refractivity contribution in [1.29, 1.82) is 0 Å². The maximum Gasteiger partial charge on any atom is 0.224 e. The minimum Gasteiger partial charge on any atom is -0.316 e. The summed E-state index contributed by atoms with van der Waals surface area (Å²) in [5.41, 5.74) is 9.34. The molecule has 4 rings (SSSR count). The smallest absolute Gasteiger partial charge is 0.224 e. The Kier molecular flexibility index (Phi) is 4.92. The number of para-hydroxylation sites is 3. The number of nitrogens with one attached hydrogen (secondary N) is 1. The maximum atomic E-state index is 6.39. The number of imidazole rings is 1. The van der Waals surface area contributed by atoms with Crippen LogP contribution in [0, 0.1) is 13.8 Å². The van der Waals surface area contributed by atoms with Gasteiger partial charge in [-0.2, -0.15) is 5.10 Å². The van der Waals surface area contributed by atoms with Crippen LogP contribution in [-0.4, -0.2) is 20.3 Å². The summed E-state index contributed by atoms with van der Waals surface area (Å²) in [6.45, 7) is 7.05. The fourth-order valence-corrected chi connectivity index (χ4v) is 3.78. The second-order valence-corrected chi connectivity index (χ2v) is 7.06. The Bertz CT molecular complexity index is 1170. The lowest BCUT2D eigenvalue weighted by molar-refractivity contribution is 0.791. The average molecular weight is 392 g/mol. The highest BCUT2D eigenvalue weighted by Gasteiger charge is 2.12. The van der Waals surface area contributed by atoms with Gasteiger partial charge in [0.15, 0.2) is 0 Å². The third-order valence-electron chi connectivity index (χ3n) is 4.90. The molecule has 0 aliphatic heterocycles. The highest BCUT2D eigenvalue weighted by Crippen LogP contribution is 2.26. The summed E-state index contributed by atoms with van der Waals surface area (Å²) < 4.78 is 4.25. The first-order chi connectivity index (χ1) is 13.6. The molecule has 0 unspecified atom stereocenters. The maximum absolute atomic E-state index is 6.39. The second kappa shape index (κ2) is 7.52. The molecule has 1 N–H and O–H groups in total. The molecule has 0 aliphatic carbocycles. The molecular weight excluding hydrogens is 370 g/mol. The zero-order chi connectivity index (χ0) is 19.7. The van der Waals surface area contributed by atoms with E-state index in [1.807, 2.05) is 48.7 Å². The lowest BCUT2D eigenvalue weighted by Gasteiger charge is -2.11. The van der Waals surface area contributed by atoms with Gasteiger partial charge in [-0.3, -0.25) is 0 Å². The predicted octanol–water partition coefficient (Wildman–Crippen LogP) is 5.56. The third-order valence-corrected chi connectivity index (χ3v) is 5.22. The van der Waals surface area contributed by atoms with Crippen molar-refractivity contribution in [3.63, 3.8) is 0 Å². The minimum atomic E-state index is 0.725. The largest absolute Gasteiger partial charge is 0.316 e. The van der Waals surface area contributed by atoms with Crippen LogP contribution in [0.1, 0.15) is 23.9 Å². The van der Waals surface area contributed by atoms with Crippen molar-refractivity contribution in [3.05, 3.63) is 76.6 Å². The Morgan fingerprint density at radius 3 is 2.64 bits per heavy atom. The van der Waals surface area contributed by atoms with Crippen LogP contribution in [0.3, 0.4) is 0 Å². The Morgan fingerprint density at radius 2 is 1.86 bits per heavy atom. The summed E-state index contributed by atoms with van der Waals surface area (Å²) >= 11 is 6.39. The molecule has 28 heavy (non-hydrogen) atoms. The van der Waals surface area contributed by atoms with Gasteiger partial charge in [-0.1, -0.05) is 35.9 Å². The topological polar surface area (TPSA) is 47.1 Å². The quantitative estimate of drug-likeness (QED) is 0.357. The van der Waals surface area contributed by atoms with E-state index in [9.17, 15) is 0 Å². The van der Waals surface area contributed by atoms with Crippen LogP contribution in [0.4, 0.5) is 5.95 Å². The van der Waals surface area contributed by atoms with Crippen molar-refractivity contribution in [2.75, 3.05) is 5.43 Å². The fraction of sp³-hybridized carbons (Fsp3) is 0.182. The molecule has 2 aromatic carbocycles. The number of hydrogen-bond donors (Lipinski definition) is 1. The van der Waals surface area contributed by atoms with Crippen LogP contribution < -0.4 is 5.43 Å². The number of benzene rings is 2. The molecule has 0 bridgehead atoms. The molecule has 5 nitrogen and oxygen atoms in total. The molecule has 0 fully saturated rings. The molecule has 0 aliphatic rings. The lowest BCUT2D eigenvalue weighted by Crippen LogP contribution is -2.02. The first-order valence-corrected chi connectivity index (χ1v) is 9.66. The van der Waals surface area contributed by atoms with Crippen molar-refractivity contribution in [1.82, 2.24) is 14.1 Å². The number of aryl methyl sites for hydroxylation is 2.